The number of nitrogens with one attached hydrogen (secondary N) is 1. The first-order valence-corrected chi connectivity index (χ1v) is 6.25. The van der Waals surface area contributed by atoms with E-state index in [1.165, 1.54) is 12.8 Å². The molecule has 0 radical (unpaired) electrons. The van der Waals surface area contributed by atoms with Crippen LogP contribution in [0.5, 0.6) is 0 Å². The lowest BCUT2D eigenvalue weighted by Gasteiger charge is -2.15. The van der Waals surface area contributed by atoms with E-state index in [1.54, 1.807) is 12.4 Å². The van der Waals surface area contributed by atoms with Crippen molar-refractivity contribution in [2.45, 2.75) is 39.2 Å². The molecule has 1 heterocycles. The van der Waals surface area contributed by atoms with Crippen molar-refractivity contribution < 1.29 is 0 Å². The Labute approximate surface area is 99.8 Å². The fourth-order valence-corrected chi connectivity index (χ4v) is 1.78. The minimum absolute atomic E-state index is 0.501. The SMILES string of the molecule is CCCC(Cc1ncc(Br)cn1)NCC. The van der Waals surface area contributed by atoms with E-state index < -0.39 is 0 Å². The molecule has 15 heavy (non-hydrogen) atoms. The highest BCUT2D eigenvalue weighted by atomic mass is 79.9. The molecule has 0 fully saturated rings. The third kappa shape index (κ3) is 4.71. The number of nitrogens with zero attached hydrogens (tertiary/aromatic N) is 2. The van der Waals surface area contributed by atoms with Gasteiger partial charge in [0.15, 0.2) is 0 Å². The summed E-state index contributed by atoms with van der Waals surface area (Å²) in [4.78, 5) is 8.57. The van der Waals surface area contributed by atoms with Gasteiger partial charge in [0.05, 0.1) is 4.47 Å². The molecule has 3 nitrogen and oxygen atoms in total. The number of likely N-dealkylation sites (N-methyl/N-ethyl adjacent to an activating group) is 1. The van der Waals surface area contributed by atoms with Gasteiger partial charge in [0, 0.05) is 24.9 Å². The fourth-order valence-electron chi connectivity index (χ4n) is 1.58. The molecule has 0 aromatic carbocycles. The number of hydrogen-bond donors (Lipinski definition) is 1. The summed E-state index contributed by atoms with van der Waals surface area (Å²) in [5.41, 5.74) is 0. The second-order valence-corrected chi connectivity index (χ2v) is 4.48. The quantitative estimate of drug-likeness (QED) is 0.864. The Bertz CT molecular complexity index is 268. The van der Waals surface area contributed by atoms with E-state index in [4.69, 9.17) is 0 Å². The van der Waals surface area contributed by atoms with Crippen LogP contribution in [0.3, 0.4) is 0 Å². The lowest BCUT2D eigenvalue weighted by Crippen LogP contribution is -2.31. The van der Waals surface area contributed by atoms with Crippen molar-refractivity contribution in [2.75, 3.05) is 6.54 Å². The Kier molecular flexibility index (Phi) is 5.79. The third-order valence-electron chi connectivity index (χ3n) is 2.23. The predicted molar refractivity (Wildman–Crippen MR) is 65.8 cm³/mol. The molecule has 1 atom stereocenters. The largest absolute Gasteiger partial charge is 0.314 e. The summed E-state index contributed by atoms with van der Waals surface area (Å²) in [5, 5.41) is 3.45. The zero-order chi connectivity index (χ0) is 11.1. The van der Waals surface area contributed by atoms with Crippen molar-refractivity contribution in [3.63, 3.8) is 0 Å². The standard InChI is InChI=1S/C11H18BrN3/c1-3-5-10(13-4-2)6-11-14-7-9(12)8-15-11/h7-8,10,13H,3-6H2,1-2H3. The Balaban J connectivity index is 2.53. The third-order valence-corrected chi connectivity index (χ3v) is 2.64. The second kappa shape index (κ2) is 6.90. The van der Waals surface area contributed by atoms with E-state index in [0.717, 1.165) is 23.3 Å². The molecule has 0 saturated carbocycles. The van der Waals surface area contributed by atoms with Crippen LogP contribution in [0.15, 0.2) is 16.9 Å². The monoisotopic (exact) mass is 271 g/mol. The van der Waals surface area contributed by atoms with Gasteiger partial charge in [0.2, 0.25) is 0 Å². The highest BCUT2D eigenvalue weighted by Crippen LogP contribution is 2.07. The number of halogens is 1. The van der Waals surface area contributed by atoms with Gasteiger partial charge in [-0.3, -0.25) is 0 Å². The minimum atomic E-state index is 0.501. The number of hydrogen-bond acceptors (Lipinski definition) is 3. The summed E-state index contributed by atoms with van der Waals surface area (Å²) in [6, 6.07) is 0.501. The number of rotatable bonds is 6. The molecule has 4 heteroatoms. The summed E-state index contributed by atoms with van der Waals surface area (Å²) in [6.45, 7) is 5.33. The first-order chi connectivity index (χ1) is 7.26. The van der Waals surface area contributed by atoms with E-state index >= 15 is 0 Å². The molecule has 0 saturated heterocycles. The van der Waals surface area contributed by atoms with Gasteiger partial charge >= 0.3 is 0 Å². The van der Waals surface area contributed by atoms with Gasteiger partial charge in [0.25, 0.3) is 0 Å². The molecule has 84 valence electrons. The highest BCUT2D eigenvalue weighted by molar-refractivity contribution is 9.10. The van der Waals surface area contributed by atoms with E-state index in [-0.39, 0.29) is 0 Å². The number of aromatic nitrogens is 2. The summed E-state index contributed by atoms with van der Waals surface area (Å²) in [5.74, 6) is 0.914. The van der Waals surface area contributed by atoms with Crippen LogP contribution in [0.1, 0.15) is 32.5 Å². The maximum atomic E-state index is 4.28. The molecule has 1 rings (SSSR count). The predicted octanol–water partition coefficient (Wildman–Crippen LogP) is 2.56. The van der Waals surface area contributed by atoms with Crippen molar-refractivity contribution in [1.29, 1.82) is 0 Å². The Morgan fingerprint density at radius 3 is 2.53 bits per heavy atom. The van der Waals surface area contributed by atoms with Crippen LogP contribution in [-0.4, -0.2) is 22.6 Å². The van der Waals surface area contributed by atoms with Crippen molar-refractivity contribution in [3.8, 4) is 0 Å². The molecule has 0 aliphatic rings. The summed E-state index contributed by atoms with van der Waals surface area (Å²) in [7, 11) is 0. The molecular formula is C11H18BrN3. The van der Waals surface area contributed by atoms with E-state index in [0.29, 0.717) is 6.04 Å². The average Bonchev–Trinajstić information content (AvgIpc) is 2.22. The normalized spacial score (nSPS) is 12.7. The summed E-state index contributed by atoms with van der Waals surface area (Å²) >= 11 is 3.33. The van der Waals surface area contributed by atoms with Gasteiger partial charge in [-0.15, -0.1) is 0 Å². The van der Waals surface area contributed by atoms with E-state index in [2.05, 4.69) is 45.1 Å². The first kappa shape index (κ1) is 12.6. The minimum Gasteiger partial charge on any atom is -0.314 e. The Morgan fingerprint density at radius 2 is 2.00 bits per heavy atom. The van der Waals surface area contributed by atoms with Crippen LogP contribution in [0.4, 0.5) is 0 Å². The van der Waals surface area contributed by atoms with Crippen molar-refractivity contribution in [1.82, 2.24) is 15.3 Å². The average molecular weight is 272 g/mol. The second-order valence-electron chi connectivity index (χ2n) is 3.56. The molecule has 1 N–H and O–H groups in total. The smallest absolute Gasteiger partial charge is 0.129 e. The van der Waals surface area contributed by atoms with E-state index in [9.17, 15) is 0 Å². The zero-order valence-electron chi connectivity index (χ0n) is 9.33. The molecule has 0 aliphatic heterocycles. The maximum absolute atomic E-state index is 4.28. The Hall–Kier alpha value is -0.480. The molecule has 0 aliphatic carbocycles. The van der Waals surface area contributed by atoms with Gasteiger partial charge in [-0.05, 0) is 28.9 Å². The van der Waals surface area contributed by atoms with Gasteiger partial charge in [-0.25, -0.2) is 9.97 Å². The van der Waals surface area contributed by atoms with Crippen LogP contribution < -0.4 is 5.32 Å². The van der Waals surface area contributed by atoms with Gasteiger partial charge in [-0.1, -0.05) is 20.3 Å². The van der Waals surface area contributed by atoms with Crippen LogP contribution in [0.2, 0.25) is 0 Å². The molecular weight excluding hydrogens is 254 g/mol. The lowest BCUT2D eigenvalue weighted by atomic mass is 10.1. The van der Waals surface area contributed by atoms with Crippen molar-refractivity contribution in [2.24, 2.45) is 0 Å². The Morgan fingerprint density at radius 1 is 1.33 bits per heavy atom. The highest BCUT2D eigenvalue weighted by Gasteiger charge is 2.08. The summed E-state index contributed by atoms with van der Waals surface area (Å²) < 4.78 is 0.932. The van der Waals surface area contributed by atoms with Gasteiger partial charge in [-0.2, -0.15) is 0 Å². The molecule has 1 aromatic rings. The molecule has 0 amide bonds. The van der Waals surface area contributed by atoms with Gasteiger partial charge < -0.3 is 5.32 Å². The first-order valence-electron chi connectivity index (χ1n) is 5.46. The maximum Gasteiger partial charge on any atom is 0.129 e. The van der Waals surface area contributed by atoms with Crippen molar-refractivity contribution >= 4 is 15.9 Å². The molecule has 1 aromatic heterocycles. The molecule has 1 unspecified atom stereocenters. The van der Waals surface area contributed by atoms with Crippen LogP contribution >= 0.6 is 15.9 Å². The van der Waals surface area contributed by atoms with E-state index in [1.807, 2.05) is 0 Å². The fraction of sp³-hybridized carbons (Fsp3) is 0.636. The zero-order valence-corrected chi connectivity index (χ0v) is 10.9. The van der Waals surface area contributed by atoms with Gasteiger partial charge in [0.1, 0.15) is 5.82 Å². The van der Waals surface area contributed by atoms with Crippen molar-refractivity contribution in [3.05, 3.63) is 22.7 Å². The lowest BCUT2D eigenvalue weighted by molar-refractivity contribution is 0.476. The van der Waals surface area contributed by atoms with Crippen LogP contribution in [0, 0.1) is 0 Å². The molecule has 0 bridgehead atoms. The van der Waals surface area contributed by atoms with Crippen LogP contribution in [0.25, 0.3) is 0 Å². The molecule has 0 spiro atoms. The summed E-state index contributed by atoms with van der Waals surface area (Å²) in [6.07, 6.45) is 6.88. The van der Waals surface area contributed by atoms with Crippen LogP contribution in [-0.2, 0) is 6.42 Å². The topological polar surface area (TPSA) is 37.8 Å².